The van der Waals surface area contributed by atoms with Gasteiger partial charge in [0.15, 0.2) is 0 Å². The monoisotopic (exact) mass is 483 g/mol. The molecule has 1 amide bonds. The number of amides is 1. The van der Waals surface area contributed by atoms with Crippen LogP contribution >= 0.6 is 0 Å². The number of nitrogens with zero attached hydrogens (tertiary/aromatic N) is 1. The van der Waals surface area contributed by atoms with Gasteiger partial charge in [-0.05, 0) is 61.3 Å². The Hall–Kier alpha value is -2.51. The molecule has 0 bridgehead atoms. The van der Waals surface area contributed by atoms with Crippen LogP contribution in [0, 0.1) is 11.2 Å². The van der Waals surface area contributed by atoms with E-state index in [9.17, 15) is 14.3 Å². The number of aromatic nitrogens is 1. The fourth-order valence-electron chi connectivity index (χ4n) is 5.14. The zero-order valence-electron chi connectivity index (χ0n) is 21.2. The summed E-state index contributed by atoms with van der Waals surface area (Å²) in [6.07, 6.45) is 6.36. The topological polar surface area (TPSA) is 83.5 Å². The predicted molar refractivity (Wildman–Crippen MR) is 134 cm³/mol. The highest BCUT2D eigenvalue weighted by Gasteiger charge is 2.46. The molecular formula is C28H38FN3O3. The smallest absolute Gasteiger partial charge is 0.217 e. The van der Waals surface area contributed by atoms with E-state index in [1.54, 1.807) is 12.1 Å². The first-order valence-electron chi connectivity index (χ1n) is 12.6. The van der Waals surface area contributed by atoms with Gasteiger partial charge in [-0.1, -0.05) is 32.9 Å². The Morgan fingerprint density at radius 1 is 1.29 bits per heavy atom. The lowest BCUT2D eigenvalue weighted by atomic mass is 9.73. The molecule has 1 aliphatic carbocycles. The van der Waals surface area contributed by atoms with E-state index in [0.717, 1.165) is 54.7 Å². The number of carbonyl (C=O) groups excluding carboxylic acids is 1. The van der Waals surface area contributed by atoms with E-state index in [4.69, 9.17) is 4.74 Å². The van der Waals surface area contributed by atoms with Crippen LogP contribution in [0.15, 0.2) is 36.5 Å². The van der Waals surface area contributed by atoms with Crippen LogP contribution in [0.1, 0.15) is 76.2 Å². The lowest BCUT2D eigenvalue weighted by Gasteiger charge is -2.48. The van der Waals surface area contributed by atoms with E-state index in [0.29, 0.717) is 13.0 Å². The molecule has 4 rings (SSSR count). The Morgan fingerprint density at radius 2 is 2.00 bits per heavy atom. The predicted octanol–water partition coefficient (Wildman–Crippen LogP) is 4.25. The van der Waals surface area contributed by atoms with Crippen LogP contribution in [0.2, 0.25) is 0 Å². The fraction of sp³-hybridized carbons (Fsp3) is 0.571. The van der Waals surface area contributed by atoms with E-state index in [2.05, 4.69) is 42.5 Å². The Kier molecular flexibility index (Phi) is 7.48. The van der Waals surface area contributed by atoms with Gasteiger partial charge in [-0.25, -0.2) is 4.39 Å². The first kappa shape index (κ1) is 25.6. The minimum Gasteiger partial charge on any atom is -0.485 e. The summed E-state index contributed by atoms with van der Waals surface area (Å²) in [7, 11) is 0. The molecule has 7 heteroatoms. The minimum absolute atomic E-state index is 0.0271. The van der Waals surface area contributed by atoms with Crippen molar-refractivity contribution in [3.63, 3.8) is 0 Å². The third-order valence-corrected chi connectivity index (χ3v) is 7.00. The lowest BCUT2D eigenvalue weighted by Crippen LogP contribution is -2.52. The van der Waals surface area contributed by atoms with Gasteiger partial charge in [0.1, 0.15) is 17.2 Å². The Morgan fingerprint density at radius 3 is 2.60 bits per heavy atom. The number of halogens is 1. The summed E-state index contributed by atoms with van der Waals surface area (Å²) in [5, 5.41) is 17.5. The van der Waals surface area contributed by atoms with Crippen LogP contribution in [-0.2, 0) is 17.6 Å². The summed E-state index contributed by atoms with van der Waals surface area (Å²) in [5.41, 5.74) is 2.93. The van der Waals surface area contributed by atoms with Gasteiger partial charge in [-0.15, -0.1) is 0 Å². The molecule has 1 aliphatic heterocycles. The standard InChI is InChI=1S/C28H38FN3O3/c1-18(33)32-23(12-19-6-8-20(29)9-7-19)25(34)16-31-24-15-28(10-5-11-28)35-26-17-30-21(13-22(24)26)14-27(2,3)4/h6-9,13,17,23-25,31,34H,5,10-12,14-16H2,1-4H3,(H,32,33)/t23-,24-,25-/m0/s1. The van der Waals surface area contributed by atoms with Gasteiger partial charge in [0.2, 0.25) is 5.91 Å². The van der Waals surface area contributed by atoms with E-state index in [1.807, 2.05) is 6.20 Å². The number of carbonyl (C=O) groups is 1. The highest BCUT2D eigenvalue weighted by atomic mass is 19.1. The van der Waals surface area contributed by atoms with Gasteiger partial charge in [0.25, 0.3) is 0 Å². The molecule has 1 spiro atoms. The van der Waals surface area contributed by atoms with E-state index in [-0.39, 0.29) is 28.8 Å². The molecule has 35 heavy (non-hydrogen) atoms. The number of aliphatic hydroxyl groups is 1. The first-order valence-corrected chi connectivity index (χ1v) is 12.6. The van der Waals surface area contributed by atoms with Gasteiger partial charge >= 0.3 is 0 Å². The number of hydrogen-bond acceptors (Lipinski definition) is 5. The first-order chi connectivity index (χ1) is 16.5. The molecule has 6 nitrogen and oxygen atoms in total. The van der Waals surface area contributed by atoms with Crippen LogP contribution in [-0.4, -0.2) is 40.3 Å². The van der Waals surface area contributed by atoms with Gasteiger partial charge < -0.3 is 20.5 Å². The molecule has 1 aromatic heterocycles. The maximum Gasteiger partial charge on any atom is 0.217 e. The third kappa shape index (κ3) is 6.58. The van der Waals surface area contributed by atoms with Crippen LogP contribution < -0.4 is 15.4 Å². The molecule has 1 saturated carbocycles. The average Bonchev–Trinajstić information content (AvgIpc) is 2.75. The number of aliphatic hydroxyl groups excluding tert-OH is 1. The van der Waals surface area contributed by atoms with Crippen molar-refractivity contribution in [2.24, 2.45) is 5.41 Å². The van der Waals surface area contributed by atoms with E-state index < -0.39 is 12.1 Å². The minimum atomic E-state index is -0.816. The van der Waals surface area contributed by atoms with E-state index in [1.165, 1.54) is 19.1 Å². The molecule has 0 unspecified atom stereocenters. The number of hydrogen-bond donors (Lipinski definition) is 3. The van der Waals surface area contributed by atoms with Crippen molar-refractivity contribution in [2.45, 2.75) is 90.0 Å². The van der Waals surface area contributed by atoms with Crippen molar-refractivity contribution in [3.8, 4) is 5.75 Å². The number of rotatable bonds is 8. The van der Waals surface area contributed by atoms with Crippen molar-refractivity contribution in [3.05, 3.63) is 59.2 Å². The maximum atomic E-state index is 13.3. The molecule has 1 aromatic carbocycles. The fourth-order valence-corrected chi connectivity index (χ4v) is 5.14. The average molecular weight is 484 g/mol. The number of fused-ring (bicyclic) bond motifs is 1. The van der Waals surface area contributed by atoms with Crippen molar-refractivity contribution in [1.29, 1.82) is 0 Å². The van der Waals surface area contributed by atoms with Crippen LogP contribution in [0.5, 0.6) is 5.75 Å². The second-order valence-corrected chi connectivity index (χ2v) is 11.5. The molecule has 3 atom stereocenters. The van der Waals surface area contributed by atoms with Crippen molar-refractivity contribution in [2.75, 3.05) is 6.54 Å². The third-order valence-electron chi connectivity index (χ3n) is 7.00. The summed E-state index contributed by atoms with van der Waals surface area (Å²) in [4.78, 5) is 16.5. The molecular weight excluding hydrogens is 445 g/mol. The van der Waals surface area contributed by atoms with Gasteiger partial charge in [-0.3, -0.25) is 9.78 Å². The molecule has 3 N–H and O–H groups in total. The maximum absolute atomic E-state index is 13.3. The van der Waals surface area contributed by atoms with Crippen molar-refractivity contribution >= 4 is 5.91 Å². The van der Waals surface area contributed by atoms with Gasteiger partial charge in [0.05, 0.1) is 18.3 Å². The second kappa shape index (κ2) is 10.2. The summed E-state index contributed by atoms with van der Waals surface area (Å²) in [6.45, 7) is 8.34. The Bertz CT molecular complexity index is 1030. The van der Waals surface area contributed by atoms with Gasteiger partial charge in [-0.2, -0.15) is 0 Å². The van der Waals surface area contributed by atoms with Crippen LogP contribution in [0.3, 0.4) is 0 Å². The molecule has 190 valence electrons. The summed E-state index contributed by atoms with van der Waals surface area (Å²) in [6, 6.07) is 7.83. The normalized spacial score (nSPS) is 20.3. The highest BCUT2D eigenvalue weighted by Crippen LogP contribution is 2.48. The summed E-state index contributed by atoms with van der Waals surface area (Å²) in [5.74, 6) is 0.305. The molecule has 0 saturated heterocycles. The lowest BCUT2D eigenvalue weighted by molar-refractivity contribution is -0.120. The quantitative estimate of drug-likeness (QED) is 0.523. The highest BCUT2D eigenvalue weighted by molar-refractivity contribution is 5.73. The van der Waals surface area contributed by atoms with Crippen molar-refractivity contribution < 1.29 is 19.0 Å². The van der Waals surface area contributed by atoms with Gasteiger partial charge in [0, 0.05) is 37.2 Å². The molecule has 2 aromatic rings. The molecule has 1 fully saturated rings. The zero-order valence-corrected chi connectivity index (χ0v) is 21.2. The number of ether oxygens (including phenoxy) is 1. The largest absolute Gasteiger partial charge is 0.485 e. The summed E-state index contributed by atoms with van der Waals surface area (Å²) < 4.78 is 19.7. The SMILES string of the molecule is CC(=O)N[C@@H](Cc1ccc(F)cc1)[C@@H](O)CN[C@H]1CC2(CCC2)Oc2cnc(CC(C)(C)C)cc21. The number of nitrogens with one attached hydrogen (secondary N) is 2. The number of pyridine rings is 1. The second-order valence-electron chi connectivity index (χ2n) is 11.5. The molecule has 2 aliphatic rings. The molecule has 0 radical (unpaired) electrons. The van der Waals surface area contributed by atoms with Crippen molar-refractivity contribution in [1.82, 2.24) is 15.6 Å². The summed E-state index contributed by atoms with van der Waals surface area (Å²) >= 11 is 0. The Balaban J connectivity index is 1.49. The zero-order chi connectivity index (χ0) is 25.2. The van der Waals surface area contributed by atoms with E-state index >= 15 is 0 Å². The van der Waals surface area contributed by atoms with Crippen LogP contribution in [0.4, 0.5) is 4.39 Å². The number of benzene rings is 1. The molecule has 2 heterocycles. The Labute approximate surface area is 207 Å². The van der Waals surface area contributed by atoms with Crippen LogP contribution in [0.25, 0.3) is 0 Å².